The van der Waals surface area contributed by atoms with Crippen LogP contribution >= 0.6 is 0 Å². The van der Waals surface area contributed by atoms with Crippen LogP contribution in [-0.4, -0.2) is 41.5 Å². The zero-order valence-electron chi connectivity index (χ0n) is 14.6. The van der Waals surface area contributed by atoms with Gasteiger partial charge < -0.3 is 4.74 Å². The molecule has 0 amide bonds. The molecule has 0 aliphatic carbocycles. The zero-order chi connectivity index (χ0) is 22.0. The average Bonchev–Trinajstić information content (AvgIpc) is 2.58. The molecule has 0 fully saturated rings. The van der Waals surface area contributed by atoms with Gasteiger partial charge in [0.1, 0.15) is 0 Å². The van der Waals surface area contributed by atoms with Gasteiger partial charge in [-0.3, -0.25) is 9.78 Å². The molecule has 1 heterocycles. The summed E-state index contributed by atoms with van der Waals surface area (Å²) < 4.78 is 123. The fourth-order valence-electron chi connectivity index (χ4n) is 2.33. The van der Waals surface area contributed by atoms with Gasteiger partial charge in [0.2, 0.25) is 0 Å². The van der Waals surface area contributed by atoms with Crippen molar-refractivity contribution >= 4 is 5.97 Å². The summed E-state index contributed by atoms with van der Waals surface area (Å²) in [5.41, 5.74) is -3.01. The zero-order valence-corrected chi connectivity index (χ0v) is 14.6. The van der Waals surface area contributed by atoms with Gasteiger partial charge in [0, 0.05) is 18.8 Å². The van der Waals surface area contributed by atoms with Crippen LogP contribution in [0.1, 0.15) is 32.3 Å². The van der Waals surface area contributed by atoms with Gasteiger partial charge in [-0.2, -0.15) is 39.5 Å². The van der Waals surface area contributed by atoms with Gasteiger partial charge in [0.15, 0.2) is 0 Å². The molecule has 0 aliphatic heterocycles. The second-order valence-corrected chi connectivity index (χ2v) is 6.23. The smallest absolute Gasteiger partial charge is 0.460 e. The van der Waals surface area contributed by atoms with Crippen molar-refractivity contribution in [2.45, 2.75) is 56.0 Å². The Morgan fingerprint density at radius 1 is 0.964 bits per heavy atom. The molecule has 12 heteroatoms. The number of carbonyl (C=O) groups excluding carboxylic acids is 1. The van der Waals surface area contributed by atoms with Crippen molar-refractivity contribution in [3.8, 4) is 0 Å². The van der Waals surface area contributed by atoms with Gasteiger partial charge in [0.25, 0.3) is 0 Å². The van der Waals surface area contributed by atoms with Crippen LogP contribution in [0.3, 0.4) is 0 Å². The Kier molecular flexibility index (Phi) is 6.68. The Labute approximate surface area is 153 Å². The molecule has 1 aromatic heterocycles. The molecule has 1 rings (SSSR count). The molecule has 0 saturated heterocycles. The summed E-state index contributed by atoms with van der Waals surface area (Å²) in [6, 6.07) is 1.92. The third-order valence-electron chi connectivity index (χ3n) is 3.99. The molecular weight excluding hydrogens is 409 g/mol. The quantitative estimate of drug-likeness (QED) is 0.427. The van der Waals surface area contributed by atoms with E-state index in [0.29, 0.717) is 6.92 Å². The summed E-state index contributed by atoms with van der Waals surface area (Å²) in [5, 5.41) is 0. The summed E-state index contributed by atoms with van der Waals surface area (Å²) in [5.74, 6) is -21.3. The maximum absolute atomic E-state index is 14.1. The molecule has 160 valence electrons. The molecule has 1 unspecified atom stereocenters. The molecule has 0 N–H and O–H groups in total. The number of carbonyl (C=O) groups is 1. The lowest BCUT2D eigenvalue weighted by Gasteiger charge is -2.38. The third-order valence-corrected chi connectivity index (χ3v) is 3.99. The van der Waals surface area contributed by atoms with E-state index in [1.165, 1.54) is 6.92 Å². The first-order valence-electron chi connectivity index (χ1n) is 7.82. The van der Waals surface area contributed by atoms with Crippen molar-refractivity contribution in [2.24, 2.45) is 0 Å². The van der Waals surface area contributed by atoms with Crippen molar-refractivity contribution in [3.05, 3.63) is 30.1 Å². The SMILES string of the molecule is CCCOC(=O)C(C)(CC(F)(F)C(F)(F)C(F)(F)C(F)(F)F)c1ccncc1. The van der Waals surface area contributed by atoms with Crippen molar-refractivity contribution in [1.29, 1.82) is 0 Å². The highest BCUT2D eigenvalue weighted by Crippen LogP contribution is 2.56. The van der Waals surface area contributed by atoms with E-state index in [0.717, 1.165) is 24.5 Å². The maximum Gasteiger partial charge on any atom is 0.460 e. The molecule has 0 aliphatic rings. The number of halogens is 9. The highest BCUT2D eigenvalue weighted by molar-refractivity contribution is 5.82. The van der Waals surface area contributed by atoms with Crippen LogP contribution in [0, 0.1) is 0 Å². The number of ether oxygens (including phenoxy) is 1. The predicted molar refractivity (Wildman–Crippen MR) is 78.4 cm³/mol. The fraction of sp³-hybridized carbons (Fsp3) is 0.625. The van der Waals surface area contributed by atoms with E-state index < -0.39 is 41.7 Å². The van der Waals surface area contributed by atoms with Gasteiger partial charge in [-0.05, 0) is 31.0 Å². The molecule has 0 saturated carbocycles. The van der Waals surface area contributed by atoms with E-state index in [2.05, 4.69) is 9.72 Å². The molecule has 0 aromatic carbocycles. The molecular formula is C16H16F9NO2. The first-order valence-corrected chi connectivity index (χ1v) is 7.82. The topological polar surface area (TPSA) is 39.2 Å². The number of aromatic nitrogens is 1. The van der Waals surface area contributed by atoms with Crippen molar-refractivity contribution < 1.29 is 49.0 Å². The minimum absolute atomic E-state index is 0.219. The number of nitrogens with zero attached hydrogens (tertiary/aromatic N) is 1. The lowest BCUT2D eigenvalue weighted by Crippen LogP contribution is -2.62. The van der Waals surface area contributed by atoms with Crippen LogP contribution in [0.5, 0.6) is 0 Å². The molecule has 1 atom stereocenters. The molecule has 0 spiro atoms. The van der Waals surface area contributed by atoms with Gasteiger partial charge in [0.05, 0.1) is 12.0 Å². The van der Waals surface area contributed by atoms with Crippen molar-refractivity contribution in [2.75, 3.05) is 6.61 Å². The van der Waals surface area contributed by atoms with Crippen LogP contribution in [0.15, 0.2) is 24.5 Å². The highest BCUT2D eigenvalue weighted by atomic mass is 19.4. The molecule has 28 heavy (non-hydrogen) atoms. The Hall–Kier alpha value is -2.01. The van der Waals surface area contributed by atoms with Crippen LogP contribution in [0.4, 0.5) is 39.5 Å². The summed E-state index contributed by atoms with van der Waals surface area (Å²) in [4.78, 5) is 15.8. The van der Waals surface area contributed by atoms with E-state index in [9.17, 15) is 44.3 Å². The molecule has 3 nitrogen and oxygen atoms in total. The summed E-state index contributed by atoms with van der Waals surface area (Å²) in [6.45, 7) is 1.92. The Balaban J connectivity index is 3.43. The normalized spacial score (nSPS) is 15.8. The number of alkyl halides is 9. The van der Waals surface area contributed by atoms with Crippen LogP contribution in [-0.2, 0) is 14.9 Å². The van der Waals surface area contributed by atoms with Gasteiger partial charge >= 0.3 is 29.9 Å². The first-order chi connectivity index (χ1) is 12.5. The molecule has 0 bridgehead atoms. The lowest BCUT2D eigenvalue weighted by molar-refractivity contribution is -0.397. The number of pyridine rings is 1. The second-order valence-electron chi connectivity index (χ2n) is 6.23. The maximum atomic E-state index is 14.1. The summed E-state index contributed by atoms with van der Waals surface area (Å²) >= 11 is 0. The van der Waals surface area contributed by atoms with E-state index in [-0.39, 0.29) is 18.6 Å². The van der Waals surface area contributed by atoms with Gasteiger partial charge in [-0.1, -0.05) is 6.92 Å². The Morgan fingerprint density at radius 3 is 1.89 bits per heavy atom. The van der Waals surface area contributed by atoms with Crippen molar-refractivity contribution in [3.63, 3.8) is 0 Å². The Bertz CT molecular complexity index is 676. The third kappa shape index (κ3) is 4.19. The monoisotopic (exact) mass is 425 g/mol. The highest BCUT2D eigenvalue weighted by Gasteiger charge is 2.82. The average molecular weight is 425 g/mol. The Morgan fingerprint density at radius 2 is 1.46 bits per heavy atom. The largest absolute Gasteiger partial charge is 0.465 e. The standard InChI is InChI=1S/C16H16F9NO2/c1-3-8-28-11(27)12(2,10-4-6-26-7-5-10)9-13(17,18)14(19,20)15(21,22)16(23,24)25/h4-7H,3,8-9H2,1-2H3. The van der Waals surface area contributed by atoms with Crippen molar-refractivity contribution in [1.82, 2.24) is 4.98 Å². The van der Waals surface area contributed by atoms with E-state index in [4.69, 9.17) is 0 Å². The summed E-state index contributed by atoms with van der Waals surface area (Å²) in [7, 11) is 0. The number of hydrogen-bond donors (Lipinski definition) is 0. The van der Waals surface area contributed by atoms with Crippen LogP contribution < -0.4 is 0 Å². The molecule has 0 radical (unpaired) electrons. The van der Waals surface area contributed by atoms with E-state index >= 15 is 0 Å². The number of hydrogen-bond acceptors (Lipinski definition) is 3. The van der Waals surface area contributed by atoms with E-state index in [1.807, 2.05) is 0 Å². The minimum atomic E-state index is -7.03. The van der Waals surface area contributed by atoms with Gasteiger partial charge in [-0.15, -0.1) is 0 Å². The second kappa shape index (κ2) is 7.78. The van der Waals surface area contributed by atoms with Gasteiger partial charge in [-0.25, -0.2) is 0 Å². The number of esters is 1. The molecule has 1 aromatic rings. The minimum Gasteiger partial charge on any atom is -0.465 e. The summed E-state index contributed by atoms with van der Waals surface area (Å²) in [6.07, 6.45) is -7.07. The fourth-order valence-corrected chi connectivity index (χ4v) is 2.33. The first kappa shape index (κ1) is 24.0. The lowest BCUT2D eigenvalue weighted by atomic mass is 9.76. The van der Waals surface area contributed by atoms with Crippen LogP contribution in [0.25, 0.3) is 0 Å². The number of rotatable bonds is 8. The predicted octanol–water partition coefficient (Wildman–Crippen LogP) is 5.15. The van der Waals surface area contributed by atoms with E-state index in [1.54, 1.807) is 0 Å². The van der Waals surface area contributed by atoms with Crippen LogP contribution in [0.2, 0.25) is 0 Å².